The predicted molar refractivity (Wildman–Crippen MR) is 115 cm³/mol. The van der Waals surface area contributed by atoms with Crippen LogP contribution in [0, 0.1) is 11.8 Å². The molecule has 2 unspecified atom stereocenters. The minimum absolute atomic E-state index is 0.129. The first-order chi connectivity index (χ1) is 12.0. The lowest BCUT2D eigenvalue weighted by Crippen LogP contribution is -2.23. The lowest BCUT2D eigenvalue weighted by atomic mass is 9.95. The Hall–Kier alpha value is -0.0600. The molecule has 0 saturated carbocycles. The molecule has 0 spiro atoms. The summed E-state index contributed by atoms with van der Waals surface area (Å²) in [5.74, 6) is 1.36. The van der Waals surface area contributed by atoms with E-state index < -0.39 is 0 Å². The van der Waals surface area contributed by atoms with Gasteiger partial charge in [-0.05, 0) is 23.3 Å². The summed E-state index contributed by atoms with van der Waals surface area (Å²) >= 11 is 19.7. The predicted octanol–water partition coefficient (Wildman–Crippen LogP) is 7.76. The summed E-state index contributed by atoms with van der Waals surface area (Å²) in [6.07, 6.45) is -0.258. The van der Waals surface area contributed by atoms with E-state index in [2.05, 4.69) is 57.8 Å². The van der Waals surface area contributed by atoms with E-state index in [1.807, 2.05) is 36.4 Å². The van der Waals surface area contributed by atoms with Gasteiger partial charge in [0.05, 0.1) is 12.2 Å². The normalized spacial score (nSPS) is 16.2. The molecule has 0 aliphatic rings. The molecule has 5 heteroatoms. The van der Waals surface area contributed by atoms with E-state index >= 15 is 0 Å². The Labute approximate surface area is 177 Å². The zero-order valence-electron chi connectivity index (χ0n) is 14.3. The van der Waals surface area contributed by atoms with Crippen LogP contribution in [-0.2, 0) is 4.74 Å². The third kappa shape index (κ3) is 5.46. The summed E-state index contributed by atoms with van der Waals surface area (Å²) < 4.78 is 8.72. The van der Waals surface area contributed by atoms with E-state index in [0.29, 0.717) is 11.8 Å². The van der Waals surface area contributed by atoms with Crippen LogP contribution in [0.4, 0.5) is 0 Å². The fourth-order valence-electron chi connectivity index (χ4n) is 2.76. The van der Waals surface area contributed by atoms with Gasteiger partial charge in [-0.2, -0.15) is 0 Å². The van der Waals surface area contributed by atoms with Crippen molar-refractivity contribution in [2.75, 3.05) is 11.8 Å². The molecule has 1 nitrogen and oxygen atoms in total. The second-order valence-corrected chi connectivity index (χ2v) is 8.61. The monoisotopic (exact) mass is 506 g/mol. The van der Waals surface area contributed by atoms with Crippen molar-refractivity contribution >= 4 is 55.1 Å². The Balaban J connectivity index is 2.42. The lowest BCUT2D eigenvalue weighted by molar-refractivity contribution is -0.0603. The summed E-state index contributed by atoms with van der Waals surface area (Å²) in [4.78, 5) is 0. The number of hydrogen-bond acceptors (Lipinski definition) is 1. The SMILES string of the molecule is C[C@H](CCl)C(OC(c1ccccc1Br)[C@H](C)CCl)c1ccccc1Br. The highest BCUT2D eigenvalue weighted by Gasteiger charge is 2.29. The Kier molecular flexibility index (Phi) is 8.77. The summed E-state index contributed by atoms with van der Waals surface area (Å²) in [7, 11) is 0. The molecule has 0 heterocycles. The molecule has 0 aliphatic heterocycles. The van der Waals surface area contributed by atoms with Crippen molar-refractivity contribution in [3.05, 3.63) is 68.6 Å². The van der Waals surface area contributed by atoms with Gasteiger partial charge in [0, 0.05) is 32.5 Å². The average molecular weight is 509 g/mol. The number of ether oxygens (including phenoxy) is 1. The molecule has 2 aromatic rings. The molecule has 0 radical (unpaired) electrons. The Morgan fingerprint density at radius 3 is 1.44 bits per heavy atom. The molecule has 136 valence electrons. The van der Waals surface area contributed by atoms with Gasteiger partial charge in [-0.15, -0.1) is 23.2 Å². The minimum atomic E-state index is -0.129. The Bertz CT molecular complexity index is 623. The first kappa shape index (κ1) is 21.2. The lowest BCUT2D eigenvalue weighted by Gasteiger charge is -2.32. The van der Waals surface area contributed by atoms with E-state index in [-0.39, 0.29) is 24.0 Å². The molecule has 2 rings (SSSR count). The molecule has 25 heavy (non-hydrogen) atoms. The van der Waals surface area contributed by atoms with Gasteiger partial charge in [-0.1, -0.05) is 82.1 Å². The Morgan fingerprint density at radius 2 is 1.12 bits per heavy atom. The molecule has 0 fully saturated rings. The van der Waals surface area contributed by atoms with Crippen LogP contribution < -0.4 is 0 Å². The highest BCUT2D eigenvalue weighted by molar-refractivity contribution is 9.10. The molecular weight excluding hydrogens is 487 g/mol. The summed E-state index contributed by atoms with van der Waals surface area (Å²) in [5.41, 5.74) is 2.21. The van der Waals surface area contributed by atoms with Crippen LogP contribution in [0.25, 0.3) is 0 Å². The zero-order valence-corrected chi connectivity index (χ0v) is 18.9. The molecule has 0 aliphatic carbocycles. The molecule has 0 bridgehead atoms. The second-order valence-electron chi connectivity index (χ2n) is 6.28. The van der Waals surface area contributed by atoms with Gasteiger partial charge in [0.1, 0.15) is 0 Å². The largest absolute Gasteiger partial charge is 0.365 e. The molecule has 0 saturated heterocycles. The molecular formula is C20H22Br2Cl2O. The van der Waals surface area contributed by atoms with Crippen molar-refractivity contribution < 1.29 is 4.74 Å². The van der Waals surface area contributed by atoms with Crippen LogP contribution in [0.15, 0.2) is 57.5 Å². The van der Waals surface area contributed by atoms with Crippen LogP contribution in [0.2, 0.25) is 0 Å². The van der Waals surface area contributed by atoms with Crippen molar-refractivity contribution in [2.45, 2.75) is 26.1 Å². The average Bonchev–Trinajstić information content (AvgIpc) is 2.63. The van der Waals surface area contributed by atoms with Crippen molar-refractivity contribution in [1.29, 1.82) is 0 Å². The fraction of sp³-hybridized carbons (Fsp3) is 0.400. The van der Waals surface area contributed by atoms with Gasteiger partial charge in [0.25, 0.3) is 0 Å². The van der Waals surface area contributed by atoms with Crippen LogP contribution >= 0.6 is 55.1 Å². The number of rotatable bonds is 8. The van der Waals surface area contributed by atoms with Crippen LogP contribution in [0.1, 0.15) is 37.2 Å². The van der Waals surface area contributed by atoms with Crippen molar-refractivity contribution in [3.63, 3.8) is 0 Å². The van der Waals surface area contributed by atoms with Crippen LogP contribution in [-0.4, -0.2) is 11.8 Å². The standard InChI is InChI=1S/C20H22Br2Cl2O/c1-13(11-23)19(15-7-3-5-9-17(15)21)25-20(14(2)12-24)16-8-4-6-10-18(16)22/h3-10,13-14,19-20H,11-12H2,1-2H3/t13-,14-,19?,20?/m1/s1. The maximum Gasteiger partial charge on any atom is 0.0881 e. The van der Waals surface area contributed by atoms with E-state index in [9.17, 15) is 0 Å². The van der Waals surface area contributed by atoms with Crippen LogP contribution in [0.5, 0.6) is 0 Å². The van der Waals surface area contributed by atoms with Crippen molar-refractivity contribution in [3.8, 4) is 0 Å². The third-order valence-corrected chi connectivity index (χ3v) is 6.66. The minimum Gasteiger partial charge on any atom is -0.365 e. The highest BCUT2D eigenvalue weighted by atomic mass is 79.9. The third-order valence-electron chi connectivity index (χ3n) is 4.24. The number of benzene rings is 2. The van der Waals surface area contributed by atoms with Gasteiger partial charge >= 0.3 is 0 Å². The van der Waals surface area contributed by atoms with Gasteiger partial charge in [0.2, 0.25) is 0 Å². The van der Waals surface area contributed by atoms with E-state index in [4.69, 9.17) is 27.9 Å². The Morgan fingerprint density at radius 1 is 0.760 bits per heavy atom. The van der Waals surface area contributed by atoms with Gasteiger partial charge in [-0.3, -0.25) is 0 Å². The molecule has 4 atom stereocenters. The molecule has 2 aromatic carbocycles. The summed E-state index contributed by atoms with van der Waals surface area (Å²) in [6, 6.07) is 16.3. The maximum atomic E-state index is 6.66. The van der Waals surface area contributed by atoms with Crippen molar-refractivity contribution in [1.82, 2.24) is 0 Å². The van der Waals surface area contributed by atoms with Gasteiger partial charge < -0.3 is 4.74 Å². The van der Waals surface area contributed by atoms with Gasteiger partial charge in [-0.25, -0.2) is 0 Å². The summed E-state index contributed by atoms with van der Waals surface area (Å²) in [6.45, 7) is 4.22. The van der Waals surface area contributed by atoms with Gasteiger partial charge in [0.15, 0.2) is 0 Å². The van der Waals surface area contributed by atoms with Crippen LogP contribution in [0.3, 0.4) is 0 Å². The van der Waals surface area contributed by atoms with Crippen molar-refractivity contribution in [2.24, 2.45) is 11.8 Å². The molecule has 0 amide bonds. The number of hydrogen-bond donors (Lipinski definition) is 0. The maximum absolute atomic E-state index is 6.66. The first-order valence-corrected chi connectivity index (χ1v) is 10.9. The quantitative estimate of drug-likeness (QED) is 0.331. The number of alkyl halides is 2. The first-order valence-electron chi connectivity index (χ1n) is 8.25. The van der Waals surface area contributed by atoms with E-state index in [1.165, 1.54) is 0 Å². The smallest absolute Gasteiger partial charge is 0.0881 e. The van der Waals surface area contributed by atoms with E-state index in [1.54, 1.807) is 0 Å². The van der Waals surface area contributed by atoms with E-state index in [0.717, 1.165) is 20.1 Å². The molecule has 0 aromatic heterocycles. The molecule has 0 N–H and O–H groups in total. The summed E-state index contributed by atoms with van der Waals surface area (Å²) in [5, 5.41) is 0. The highest BCUT2D eigenvalue weighted by Crippen LogP contribution is 2.41. The topological polar surface area (TPSA) is 9.23 Å². The number of halogens is 4. The fourth-order valence-corrected chi connectivity index (χ4v) is 4.10. The zero-order chi connectivity index (χ0) is 18.4. The second kappa shape index (κ2) is 10.3.